The van der Waals surface area contributed by atoms with Crippen molar-refractivity contribution < 1.29 is 14.3 Å². The fraction of sp³-hybridized carbons (Fsp3) is 0.500. The molecule has 0 saturated heterocycles. The van der Waals surface area contributed by atoms with Crippen molar-refractivity contribution in [1.29, 1.82) is 0 Å². The molecular formula is C12H13NO3. The number of rotatable bonds is 1. The molecule has 0 N–H and O–H groups in total. The highest BCUT2D eigenvalue weighted by atomic mass is 16.5. The lowest BCUT2D eigenvalue weighted by molar-refractivity contribution is -0.145. The van der Waals surface area contributed by atoms with Crippen molar-refractivity contribution in [3.05, 3.63) is 24.0 Å². The maximum Gasteiger partial charge on any atom is 0.308 e. The van der Waals surface area contributed by atoms with Crippen molar-refractivity contribution in [2.45, 2.75) is 24.9 Å². The fourth-order valence-electron chi connectivity index (χ4n) is 2.77. The van der Waals surface area contributed by atoms with Gasteiger partial charge in [-0.1, -0.05) is 0 Å². The Morgan fingerprint density at radius 1 is 1.56 bits per heavy atom. The first kappa shape index (κ1) is 9.63. The van der Waals surface area contributed by atoms with Crippen molar-refractivity contribution in [2.75, 3.05) is 7.11 Å². The van der Waals surface area contributed by atoms with Gasteiger partial charge < -0.3 is 9.47 Å². The lowest BCUT2D eigenvalue weighted by Crippen LogP contribution is -2.16. The first-order chi connectivity index (χ1) is 7.79. The van der Waals surface area contributed by atoms with Crippen LogP contribution in [0.15, 0.2) is 18.5 Å². The Labute approximate surface area is 93.6 Å². The van der Waals surface area contributed by atoms with Crippen LogP contribution < -0.4 is 4.74 Å². The van der Waals surface area contributed by atoms with Crippen LogP contribution in [0.3, 0.4) is 0 Å². The van der Waals surface area contributed by atoms with Crippen LogP contribution in [0.5, 0.6) is 5.75 Å². The van der Waals surface area contributed by atoms with Gasteiger partial charge in [-0.2, -0.15) is 0 Å². The Morgan fingerprint density at radius 2 is 2.44 bits per heavy atom. The summed E-state index contributed by atoms with van der Waals surface area (Å²) in [5, 5.41) is 0. The Bertz CT molecular complexity index is 432. The van der Waals surface area contributed by atoms with Gasteiger partial charge in [-0.15, -0.1) is 0 Å². The van der Waals surface area contributed by atoms with Crippen LogP contribution in [-0.2, 0) is 9.53 Å². The van der Waals surface area contributed by atoms with E-state index in [2.05, 4.69) is 4.98 Å². The third-order valence-corrected chi connectivity index (χ3v) is 3.53. The SMILES string of the molecule is COC(=O)C1CC2Oc3cnccc3C2C1. The number of hydrogen-bond acceptors (Lipinski definition) is 4. The molecule has 0 bridgehead atoms. The second-order valence-electron chi connectivity index (χ2n) is 4.37. The molecule has 84 valence electrons. The average Bonchev–Trinajstić information content (AvgIpc) is 2.85. The maximum atomic E-state index is 11.5. The van der Waals surface area contributed by atoms with E-state index in [1.54, 1.807) is 12.4 Å². The van der Waals surface area contributed by atoms with E-state index in [9.17, 15) is 4.79 Å². The molecule has 1 saturated carbocycles. The topological polar surface area (TPSA) is 48.4 Å². The molecule has 4 nitrogen and oxygen atoms in total. The summed E-state index contributed by atoms with van der Waals surface area (Å²) >= 11 is 0. The van der Waals surface area contributed by atoms with Crippen molar-refractivity contribution >= 4 is 5.97 Å². The third-order valence-electron chi connectivity index (χ3n) is 3.53. The van der Waals surface area contributed by atoms with Crippen LogP contribution in [0.1, 0.15) is 24.3 Å². The number of aromatic nitrogens is 1. The number of fused-ring (bicyclic) bond motifs is 3. The maximum absolute atomic E-state index is 11.5. The van der Waals surface area contributed by atoms with Crippen LogP contribution in [0, 0.1) is 5.92 Å². The summed E-state index contributed by atoms with van der Waals surface area (Å²) in [6.45, 7) is 0. The van der Waals surface area contributed by atoms with Gasteiger partial charge in [-0.05, 0) is 18.9 Å². The third kappa shape index (κ3) is 1.29. The summed E-state index contributed by atoms with van der Waals surface area (Å²) in [6, 6.07) is 1.99. The minimum Gasteiger partial charge on any atom is -0.488 e. The molecule has 2 heterocycles. The Kier molecular flexibility index (Phi) is 2.09. The summed E-state index contributed by atoms with van der Waals surface area (Å²) < 4.78 is 10.6. The van der Waals surface area contributed by atoms with Crippen molar-refractivity contribution in [3.63, 3.8) is 0 Å². The molecule has 16 heavy (non-hydrogen) atoms. The normalized spacial score (nSPS) is 30.4. The number of nitrogens with zero attached hydrogens (tertiary/aromatic N) is 1. The zero-order valence-electron chi connectivity index (χ0n) is 9.05. The Balaban J connectivity index is 1.84. The monoisotopic (exact) mass is 219 g/mol. The van der Waals surface area contributed by atoms with Crippen LogP contribution in [0.25, 0.3) is 0 Å². The molecule has 4 heteroatoms. The van der Waals surface area contributed by atoms with Gasteiger partial charge in [0.05, 0.1) is 19.2 Å². The highest BCUT2D eigenvalue weighted by molar-refractivity contribution is 5.73. The van der Waals surface area contributed by atoms with Crippen molar-refractivity contribution in [2.24, 2.45) is 5.92 Å². The summed E-state index contributed by atoms with van der Waals surface area (Å²) in [4.78, 5) is 15.5. The van der Waals surface area contributed by atoms with E-state index in [0.29, 0.717) is 5.92 Å². The molecule has 0 radical (unpaired) electrons. The lowest BCUT2D eigenvalue weighted by atomic mass is 9.97. The second kappa shape index (κ2) is 3.47. The number of pyridine rings is 1. The highest BCUT2D eigenvalue weighted by Gasteiger charge is 2.45. The molecule has 0 aromatic carbocycles. The number of hydrogen-bond donors (Lipinski definition) is 0. The van der Waals surface area contributed by atoms with E-state index < -0.39 is 0 Å². The molecule has 0 spiro atoms. The average molecular weight is 219 g/mol. The quantitative estimate of drug-likeness (QED) is 0.672. The summed E-state index contributed by atoms with van der Waals surface area (Å²) in [5.74, 6) is 1.08. The van der Waals surface area contributed by atoms with E-state index in [-0.39, 0.29) is 18.0 Å². The predicted molar refractivity (Wildman–Crippen MR) is 56.1 cm³/mol. The van der Waals surface area contributed by atoms with Crippen LogP contribution in [0.4, 0.5) is 0 Å². The summed E-state index contributed by atoms with van der Waals surface area (Å²) in [7, 11) is 1.44. The minimum atomic E-state index is -0.117. The van der Waals surface area contributed by atoms with E-state index in [0.717, 1.165) is 18.6 Å². The summed E-state index contributed by atoms with van der Waals surface area (Å²) in [6.07, 6.45) is 5.24. The Hall–Kier alpha value is -1.58. The van der Waals surface area contributed by atoms with Crippen molar-refractivity contribution in [1.82, 2.24) is 4.98 Å². The number of carbonyl (C=O) groups excluding carboxylic acids is 1. The van der Waals surface area contributed by atoms with Crippen LogP contribution >= 0.6 is 0 Å². The van der Waals surface area contributed by atoms with Gasteiger partial charge >= 0.3 is 5.97 Å². The zero-order chi connectivity index (χ0) is 11.1. The second-order valence-corrected chi connectivity index (χ2v) is 4.37. The van der Waals surface area contributed by atoms with Crippen LogP contribution in [-0.4, -0.2) is 24.2 Å². The number of carbonyl (C=O) groups is 1. The smallest absolute Gasteiger partial charge is 0.308 e. The van der Waals surface area contributed by atoms with E-state index in [1.807, 2.05) is 6.07 Å². The van der Waals surface area contributed by atoms with Gasteiger partial charge in [-0.25, -0.2) is 0 Å². The largest absolute Gasteiger partial charge is 0.488 e. The van der Waals surface area contributed by atoms with Gasteiger partial charge in [0.1, 0.15) is 11.9 Å². The lowest BCUT2D eigenvalue weighted by Gasteiger charge is -2.09. The number of ether oxygens (including phenoxy) is 2. The van der Waals surface area contributed by atoms with Gasteiger partial charge in [0, 0.05) is 17.7 Å². The molecule has 0 amide bonds. The molecular weight excluding hydrogens is 206 g/mol. The predicted octanol–water partition coefficient (Wildman–Crippen LogP) is 1.51. The molecule has 3 unspecified atom stereocenters. The molecule has 3 atom stereocenters. The summed E-state index contributed by atoms with van der Waals surface area (Å²) in [5.41, 5.74) is 1.19. The molecule has 1 aromatic rings. The minimum absolute atomic E-state index is 0.0127. The molecule has 1 fully saturated rings. The van der Waals surface area contributed by atoms with E-state index >= 15 is 0 Å². The number of esters is 1. The molecule has 1 aliphatic carbocycles. The standard InChI is InChI=1S/C12H13NO3/c1-15-12(14)7-4-9-8-2-3-13-6-11(8)16-10(9)5-7/h2-3,6-7,9-10H,4-5H2,1H3. The van der Waals surface area contributed by atoms with E-state index in [4.69, 9.17) is 9.47 Å². The van der Waals surface area contributed by atoms with Gasteiger partial charge in [0.25, 0.3) is 0 Å². The van der Waals surface area contributed by atoms with Crippen LogP contribution in [0.2, 0.25) is 0 Å². The molecule has 3 rings (SSSR count). The highest BCUT2D eigenvalue weighted by Crippen LogP contribution is 2.48. The molecule has 1 aromatic heterocycles. The molecule has 1 aliphatic heterocycles. The van der Waals surface area contributed by atoms with Crippen molar-refractivity contribution in [3.8, 4) is 5.75 Å². The Morgan fingerprint density at radius 3 is 3.25 bits per heavy atom. The first-order valence-electron chi connectivity index (χ1n) is 5.48. The van der Waals surface area contributed by atoms with Gasteiger partial charge in [0.15, 0.2) is 0 Å². The first-order valence-corrected chi connectivity index (χ1v) is 5.48. The van der Waals surface area contributed by atoms with Gasteiger partial charge in [-0.3, -0.25) is 9.78 Å². The number of methoxy groups -OCH3 is 1. The molecule has 2 aliphatic rings. The van der Waals surface area contributed by atoms with E-state index in [1.165, 1.54) is 12.7 Å². The fourth-order valence-corrected chi connectivity index (χ4v) is 2.77. The van der Waals surface area contributed by atoms with Gasteiger partial charge in [0.2, 0.25) is 0 Å². The zero-order valence-corrected chi connectivity index (χ0v) is 9.05.